The van der Waals surface area contributed by atoms with Crippen molar-refractivity contribution in [1.82, 2.24) is 0 Å². The van der Waals surface area contributed by atoms with Crippen molar-refractivity contribution in [1.29, 1.82) is 0 Å². The normalized spacial score (nSPS) is 52.5. The predicted octanol–water partition coefficient (Wildman–Crippen LogP) is 2.41. The summed E-state index contributed by atoms with van der Waals surface area (Å²) in [7, 11) is 1.45. The van der Waals surface area contributed by atoms with Gasteiger partial charge in [0, 0.05) is 12.5 Å². The third-order valence-corrected chi connectivity index (χ3v) is 10.7. The second kappa shape index (κ2) is 8.35. The molecule has 1 saturated heterocycles. The minimum Gasteiger partial charge on any atom is -0.481 e. The van der Waals surface area contributed by atoms with E-state index in [0.29, 0.717) is 18.8 Å². The minimum atomic E-state index is -1.34. The van der Waals surface area contributed by atoms with Crippen LogP contribution in [0.15, 0.2) is 11.6 Å². The van der Waals surface area contributed by atoms with Crippen LogP contribution in [0.25, 0.3) is 0 Å². The maximum Gasteiger partial charge on any atom is 0.315 e. The van der Waals surface area contributed by atoms with Crippen molar-refractivity contribution in [2.24, 2.45) is 45.8 Å². The van der Waals surface area contributed by atoms with Crippen LogP contribution in [0, 0.1) is 45.8 Å². The van der Waals surface area contributed by atoms with E-state index in [4.69, 9.17) is 14.2 Å². The van der Waals surface area contributed by atoms with Crippen LogP contribution in [0.4, 0.5) is 0 Å². The lowest BCUT2D eigenvalue weighted by molar-refractivity contribution is -0.306. The number of ether oxygens (including phenoxy) is 3. The maximum absolute atomic E-state index is 13.5. The van der Waals surface area contributed by atoms with Gasteiger partial charge in [0.2, 0.25) is 0 Å². The van der Waals surface area contributed by atoms with E-state index in [1.54, 1.807) is 6.92 Å². The first-order valence-corrected chi connectivity index (χ1v) is 13.1. The van der Waals surface area contributed by atoms with Crippen molar-refractivity contribution in [2.45, 2.75) is 84.1 Å². The third-order valence-electron chi connectivity index (χ3n) is 10.7. The Morgan fingerprint density at radius 3 is 2.54 bits per heavy atom. The molecular formula is C27H40O8. The molecule has 0 aromatic heterocycles. The molecule has 0 aromatic carbocycles. The first kappa shape index (κ1) is 25.3. The number of aliphatic hydroxyl groups is 2. The summed E-state index contributed by atoms with van der Waals surface area (Å²) in [5.41, 5.74) is -2.28. The number of aldehydes is 1. The molecule has 4 aliphatic carbocycles. The molecule has 0 aromatic rings. The number of rotatable bonds is 7. The summed E-state index contributed by atoms with van der Waals surface area (Å²) >= 11 is 0. The van der Waals surface area contributed by atoms with E-state index in [0.717, 1.165) is 24.7 Å². The average molecular weight is 493 g/mol. The van der Waals surface area contributed by atoms with Crippen molar-refractivity contribution >= 4 is 12.3 Å². The summed E-state index contributed by atoms with van der Waals surface area (Å²) in [4.78, 5) is 26.5. The Balaban J connectivity index is 1.57. The molecule has 0 unspecified atom stereocenters. The minimum absolute atomic E-state index is 0.0219. The number of hydrogen-bond donors (Lipinski definition) is 3. The highest BCUT2D eigenvalue weighted by molar-refractivity contribution is 5.90. The molecule has 0 spiro atoms. The van der Waals surface area contributed by atoms with Gasteiger partial charge in [0.1, 0.15) is 30.0 Å². The van der Waals surface area contributed by atoms with Crippen molar-refractivity contribution < 1.29 is 39.1 Å². The van der Waals surface area contributed by atoms with E-state index in [2.05, 4.69) is 13.0 Å². The van der Waals surface area contributed by atoms with Crippen LogP contribution in [0.1, 0.15) is 53.4 Å². The topological polar surface area (TPSA) is 123 Å². The number of allylic oxidation sites excluding steroid dienone is 1. The Morgan fingerprint density at radius 2 is 1.94 bits per heavy atom. The molecule has 0 amide bonds. The molecule has 12 atom stereocenters. The molecule has 0 radical (unpaired) electrons. The molecule has 3 N–H and O–H groups in total. The first-order chi connectivity index (χ1) is 16.5. The number of fused-ring (bicyclic) bond motifs is 2. The van der Waals surface area contributed by atoms with Gasteiger partial charge >= 0.3 is 5.97 Å². The van der Waals surface area contributed by atoms with Gasteiger partial charge in [-0.15, -0.1) is 0 Å². The highest BCUT2D eigenvalue weighted by Gasteiger charge is 2.84. The van der Waals surface area contributed by atoms with E-state index in [9.17, 15) is 24.9 Å². The van der Waals surface area contributed by atoms with E-state index < -0.39 is 52.9 Å². The maximum atomic E-state index is 13.5. The molecule has 8 nitrogen and oxygen atoms in total. The van der Waals surface area contributed by atoms with Crippen molar-refractivity contribution in [3.63, 3.8) is 0 Å². The molecule has 3 saturated carbocycles. The van der Waals surface area contributed by atoms with Gasteiger partial charge in [0.05, 0.1) is 18.1 Å². The zero-order chi connectivity index (χ0) is 25.5. The second-order valence-corrected chi connectivity index (χ2v) is 12.2. The smallest absolute Gasteiger partial charge is 0.315 e. The number of aliphatic carboxylic acids is 1. The molecule has 1 heterocycles. The van der Waals surface area contributed by atoms with Gasteiger partial charge in [0.25, 0.3) is 0 Å². The third kappa shape index (κ3) is 2.92. The number of carbonyl (C=O) groups excluding carboxylic acids is 1. The molecule has 5 aliphatic rings. The summed E-state index contributed by atoms with van der Waals surface area (Å²) < 4.78 is 17.4. The van der Waals surface area contributed by atoms with Crippen LogP contribution < -0.4 is 0 Å². The molecule has 4 bridgehead atoms. The fourth-order valence-electron chi connectivity index (χ4n) is 9.34. The monoisotopic (exact) mass is 492 g/mol. The van der Waals surface area contributed by atoms with E-state index in [1.807, 2.05) is 13.8 Å². The number of carbonyl (C=O) groups is 2. The summed E-state index contributed by atoms with van der Waals surface area (Å²) in [5, 5.41) is 32.3. The summed E-state index contributed by atoms with van der Waals surface area (Å²) in [5.74, 6) is -0.358. The molecular weight excluding hydrogens is 452 g/mol. The number of aliphatic hydroxyl groups excluding tert-OH is 2. The van der Waals surface area contributed by atoms with Crippen molar-refractivity contribution in [3.8, 4) is 0 Å². The van der Waals surface area contributed by atoms with Gasteiger partial charge in [-0.2, -0.15) is 0 Å². The highest BCUT2D eigenvalue weighted by atomic mass is 16.7. The Bertz CT molecular complexity index is 917. The van der Waals surface area contributed by atoms with Crippen LogP contribution >= 0.6 is 0 Å². The predicted molar refractivity (Wildman–Crippen MR) is 125 cm³/mol. The quantitative estimate of drug-likeness (QED) is 0.366. The van der Waals surface area contributed by atoms with Gasteiger partial charge in [-0.25, -0.2) is 0 Å². The summed E-state index contributed by atoms with van der Waals surface area (Å²) in [6.07, 6.45) is 1.32. The van der Waals surface area contributed by atoms with E-state index >= 15 is 0 Å². The van der Waals surface area contributed by atoms with Crippen LogP contribution in [0.5, 0.6) is 0 Å². The SMILES string of the molecule is CO[C@H]1[C@@H](O)[C@H](O)[C@H](OC[C@]23C[C@H]4[C@@H](C)CC[C@@H]4[C@]4(C=O)C[C@H]2C=C(C(C)C)[C@]34C(=O)O)O[C@@H]1C. The largest absolute Gasteiger partial charge is 0.481 e. The highest BCUT2D eigenvalue weighted by Crippen LogP contribution is 2.82. The average Bonchev–Trinajstić information content (AvgIpc) is 3.38. The fourth-order valence-corrected chi connectivity index (χ4v) is 9.34. The Kier molecular flexibility index (Phi) is 6.04. The van der Waals surface area contributed by atoms with Crippen LogP contribution in [0.3, 0.4) is 0 Å². The Hall–Kier alpha value is -1.32. The first-order valence-electron chi connectivity index (χ1n) is 13.1. The standard InChI is InChI=1S/C27H40O8/c1-13(2)19-8-16-9-25(11-28)18-7-6-14(3)17(18)10-26(16,27(19,25)24(31)32)12-34-23-21(30)20(29)22(33-5)15(4)35-23/h8,11,13-18,20-23,29-30H,6-7,9-10,12H2,1-5H3,(H,31,32)/t14-,15+,16+,17-,18-,20-,21-,22+,23+,25+,26+,27+/m0/s1. The molecule has 4 fully saturated rings. The number of hydrogen-bond acceptors (Lipinski definition) is 7. The Labute approximate surface area is 207 Å². The van der Waals surface area contributed by atoms with Crippen LogP contribution in [-0.4, -0.2) is 72.0 Å². The van der Waals surface area contributed by atoms with Gasteiger partial charge in [-0.3, -0.25) is 4.79 Å². The molecule has 35 heavy (non-hydrogen) atoms. The zero-order valence-corrected chi connectivity index (χ0v) is 21.3. The summed E-state index contributed by atoms with van der Waals surface area (Å²) in [6, 6.07) is 0. The zero-order valence-electron chi connectivity index (χ0n) is 21.3. The number of carboxylic acid groups (broad SMARTS) is 1. The van der Waals surface area contributed by atoms with Crippen molar-refractivity contribution in [2.75, 3.05) is 13.7 Å². The molecule has 196 valence electrons. The van der Waals surface area contributed by atoms with Crippen molar-refractivity contribution in [3.05, 3.63) is 11.6 Å². The van der Waals surface area contributed by atoms with Crippen LogP contribution in [0.2, 0.25) is 0 Å². The van der Waals surface area contributed by atoms with Gasteiger partial charge in [-0.1, -0.05) is 38.8 Å². The van der Waals surface area contributed by atoms with E-state index in [-0.39, 0.29) is 30.3 Å². The van der Waals surface area contributed by atoms with Gasteiger partial charge < -0.3 is 34.3 Å². The van der Waals surface area contributed by atoms with Gasteiger partial charge in [-0.05, 0) is 55.8 Å². The molecule has 8 heteroatoms. The lowest BCUT2D eigenvalue weighted by Gasteiger charge is -2.58. The fraction of sp³-hybridized carbons (Fsp3) is 0.852. The van der Waals surface area contributed by atoms with Gasteiger partial charge in [0.15, 0.2) is 6.29 Å². The second-order valence-electron chi connectivity index (χ2n) is 12.2. The Morgan fingerprint density at radius 1 is 1.23 bits per heavy atom. The number of methoxy groups -OCH3 is 1. The lowest BCUT2D eigenvalue weighted by Crippen LogP contribution is -2.64. The molecule has 1 aliphatic heterocycles. The summed E-state index contributed by atoms with van der Waals surface area (Å²) in [6.45, 7) is 8.02. The van der Waals surface area contributed by atoms with E-state index in [1.165, 1.54) is 7.11 Å². The van der Waals surface area contributed by atoms with Crippen LogP contribution in [-0.2, 0) is 23.8 Å². The number of carboxylic acids is 1. The molecule has 5 rings (SSSR count). The lowest BCUT2D eigenvalue weighted by atomic mass is 9.43.